The highest BCUT2D eigenvalue weighted by molar-refractivity contribution is 4.90. The maximum absolute atomic E-state index is 5.44. The first kappa shape index (κ1) is 9.01. The molecular formula is C9H19NO. The Labute approximate surface area is 69.5 Å². The first-order valence-electron chi connectivity index (χ1n) is 4.76. The van der Waals surface area contributed by atoms with E-state index >= 15 is 0 Å². The van der Waals surface area contributed by atoms with Gasteiger partial charge in [-0.1, -0.05) is 20.8 Å². The summed E-state index contributed by atoms with van der Waals surface area (Å²) in [6, 6.07) is 0.764. The molecule has 2 bridgehead atoms. The van der Waals surface area contributed by atoms with Crippen LogP contribution in [0.15, 0.2) is 0 Å². The van der Waals surface area contributed by atoms with Gasteiger partial charge in [0.2, 0.25) is 0 Å². The highest BCUT2D eigenvalue weighted by atomic mass is 16.5. The molecule has 0 amide bonds. The van der Waals surface area contributed by atoms with E-state index in [1.54, 1.807) is 0 Å². The Bertz CT molecular complexity index is 116. The van der Waals surface area contributed by atoms with Crippen molar-refractivity contribution >= 4 is 0 Å². The average Bonchev–Trinajstić information content (AvgIpc) is 2.67. The van der Waals surface area contributed by atoms with E-state index in [0.29, 0.717) is 6.10 Å². The molecule has 2 aliphatic heterocycles. The van der Waals surface area contributed by atoms with Crippen LogP contribution in [-0.4, -0.2) is 36.7 Å². The number of morpholine rings is 1. The fraction of sp³-hybridized carbons (Fsp3) is 1.00. The molecule has 11 heavy (non-hydrogen) atoms. The number of hydrogen-bond donors (Lipinski definition) is 0. The zero-order valence-corrected chi connectivity index (χ0v) is 7.84. The third-order valence-electron chi connectivity index (χ3n) is 2.42. The monoisotopic (exact) mass is 157 g/mol. The van der Waals surface area contributed by atoms with Gasteiger partial charge >= 0.3 is 0 Å². The summed E-state index contributed by atoms with van der Waals surface area (Å²) in [7, 11) is 0. The van der Waals surface area contributed by atoms with Gasteiger partial charge in [-0.05, 0) is 13.0 Å². The Balaban J connectivity index is 0.000000281. The lowest BCUT2D eigenvalue weighted by Crippen LogP contribution is -2.36. The predicted molar refractivity (Wildman–Crippen MR) is 46.7 cm³/mol. The molecule has 2 saturated heterocycles. The van der Waals surface area contributed by atoms with Crippen molar-refractivity contribution in [3.05, 3.63) is 0 Å². The van der Waals surface area contributed by atoms with Gasteiger partial charge in [0.25, 0.3) is 0 Å². The third kappa shape index (κ3) is 1.74. The van der Waals surface area contributed by atoms with Crippen molar-refractivity contribution in [1.29, 1.82) is 0 Å². The third-order valence-corrected chi connectivity index (χ3v) is 2.42. The van der Waals surface area contributed by atoms with E-state index in [1.807, 2.05) is 13.8 Å². The molecule has 2 fully saturated rings. The number of likely N-dealkylation sites (N-methyl/N-ethyl adjacent to an activating group) is 1. The van der Waals surface area contributed by atoms with Crippen molar-refractivity contribution in [1.82, 2.24) is 4.90 Å². The molecule has 2 nitrogen and oxygen atoms in total. The van der Waals surface area contributed by atoms with E-state index in [4.69, 9.17) is 4.74 Å². The van der Waals surface area contributed by atoms with Crippen molar-refractivity contribution in [2.45, 2.75) is 39.3 Å². The molecule has 2 heteroatoms. The second-order valence-electron chi connectivity index (χ2n) is 2.93. The van der Waals surface area contributed by atoms with Gasteiger partial charge in [0.15, 0.2) is 0 Å². The molecule has 0 aromatic heterocycles. The number of nitrogens with zero attached hydrogens (tertiary/aromatic N) is 1. The minimum atomic E-state index is 0.579. The molecule has 2 atom stereocenters. The minimum Gasteiger partial charge on any atom is -0.375 e. The molecule has 0 spiro atoms. The highest BCUT2D eigenvalue weighted by Crippen LogP contribution is 2.26. The van der Waals surface area contributed by atoms with Crippen molar-refractivity contribution in [3.63, 3.8) is 0 Å². The fourth-order valence-electron chi connectivity index (χ4n) is 1.87. The number of hydrogen-bond acceptors (Lipinski definition) is 2. The lowest BCUT2D eigenvalue weighted by atomic mass is 10.2. The van der Waals surface area contributed by atoms with Crippen LogP contribution in [0, 0.1) is 0 Å². The van der Waals surface area contributed by atoms with Gasteiger partial charge in [0.1, 0.15) is 0 Å². The van der Waals surface area contributed by atoms with Gasteiger partial charge in [-0.2, -0.15) is 0 Å². The number of likely N-dealkylation sites (tertiary alicyclic amines) is 1. The van der Waals surface area contributed by atoms with E-state index in [1.165, 1.54) is 19.5 Å². The first-order chi connectivity index (χ1) is 5.40. The Morgan fingerprint density at radius 3 is 2.45 bits per heavy atom. The molecule has 2 rings (SSSR count). The molecule has 0 N–H and O–H groups in total. The largest absolute Gasteiger partial charge is 0.375 e. The number of fused-ring (bicyclic) bond motifs is 2. The average molecular weight is 157 g/mol. The summed E-state index contributed by atoms with van der Waals surface area (Å²) in [4.78, 5) is 2.51. The standard InChI is InChI=1S/C7H13NO.C2H6/c1-2-8-4-7-3-6(8)5-9-7;1-2/h6-7H,2-5H2,1H3;1-2H3. The topological polar surface area (TPSA) is 12.5 Å². The first-order valence-corrected chi connectivity index (χ1v) is 4.76. The molecule has 2 aliphatic rings. The van der Waals surface area contributed by atoms with Crippen molar-refractivity contribution in [2.24, 2.45) is 0 Å². The van der Waals surface area contributed by atoms with Crippen LogP contribution in [0.5, 0.6) is 0 Å². The lowest BCUT2D eigenvalue weighted by molar-refractivity contribution is 0.0329. The Morgan fingerprint density at radius 2 is 2.18 bits per heavy atom. The summed E-state index contributed by atoms with van der Waals surface area (Å²) in [6.07, 6.45) is 1.86. The maximum Gasteiger partial charge on any atom is 0.0718 e. The van der Waals surface area contributed by atoms with Crippen LogP contribution in [0.1, 0.15) is 27.2 Å². The highest BCUT2D eigenvalue weighted by Gasteiger charge is 2.37. The van der Waals surface area contributed by atoms with Crippen LogP contribution in [0.4, 0.5) is 0 Å². The van der Waals surface area contributed by atoms with Crippen LogP contribution >= 0.6 is 0 Å². The zero-order chi connectivity index (χ0) is 8.27. The van der Waals surface area contributed by atoms with Gasteiger partial charge in [-0.15, -0.1) is 0 Å². The second kappa shape index (κ2) is 4.07. The quantitative estimate of drug-likeness (QED) is 0.572. The minimum absolute atomic E-state index is 0.579. The van der Waals surface area contributed by atoms with E-state index in [9.17, 15) is 0 Å². The van der Waals surface area contributed by atoms with Crippen LogP contribution in [0.25, 0.3) is 0 Å². The van der Waals surface area contributed by atoms with Crippen LogP contribution < -0.4 is 0 Å². The Kier molecular flexibility index (Phi) is 3.34. The summed E-state index contributed by atoms with van der Waals surface area (Å²) >= 11 is 0. The summed E-state index contributed by atoms with van der Waals surface area (Å²) in [5, 5.41) is 0. The van der Waals surface area contributed by atoms with Gasteiger partial charge in [0, 0.05) is 12.6 Å². The van der Waals surface area contributed by atoms with Crippen LogP contribution in [0.2, 0.25) is 0 Å². The SMILES string of the molecule is CC.CCN1CC2CC1CO2. The molecule has 2 unspecified atom stereocenters. The molecule has 2 heterocycles. The van der Waals surface area contributed by atoms with Gasteiger partial charge < -0.3 is 4.74 Å². The lowest BCUT2D eigenvalue weighted by Gasteiger charge is -2.24. The number of ether oxygens (including phenoxy) is 1. The Hall–Kier alpha value is -0.0800. The van der Waals surface area contributed by atoms with Crippen LogP contribution in [0.3, 0.4) is 0 Å². The smallest absolute Gasteiger partial charge is 0.0718 e. The van der Waals surface area contributed by atoms with Crippen molar-refractivity contribution in [3.8, 4) is 0 Å². The zero-order valence-electron chi connectivity index (χ0n) is 7.84. The summed E-state index contributed by atoms with van der Waals surface area (Å²) in [5.41, 5.74) is 0. The van der Waals surface area contributed by atoms with Gasteiger partial charge in [-0.3, -0.25) is 4.90 Å². The van der Waals surface area contributed by atoms with Crippen molar-refractivity contribution in [2.75, 3.05) is 19.7 Å². The van der Waals surface area contributed by atoms with Gasteiger partial charge in [-0.25, -0.2) is 0 Å². The fourth-order valence-corrected chi connectivity index (χ4v) is 1.87. The Morgan fingerprint density at radius 1 is 1.45 bits per heavy atom. The molecule has 0 radical (unpaired) electrons. The molecule has 0 aromatic carbocycles. The number of rotatable bonds is 1. The van der Waals surface area contributed by atoms with Crippen LogP contribution in [-0.2, 0) is 4.74 Å². The summed E-state index contributed by atoms with van der Waals surface area (Å²) in [5.74, 6) is 0. The predicted octanol–water partition coefficient (Wildman–Crippen LogP) is 1.51. The molecule has 0 aromatic rings. The molecule has 0 aliphatic carbocycles. The normalized spacial score (nSPS) is 35.2. The van der Waals surface area contributed by atoms with Gasteiger partial charge in [0.05, 0.1) is 12.7 Å². The summed E-state index contributed by atoms with van der Waals surface area (Å²) < 4.78 is 5.44. The van der Waals surface area contributed by atoms with E-state index in [0.717, 1.165) is 12.6 Å². The van der Waals surface area contributed by atoms with Crippen molar-refractivity contribution < 1.29 is 4.74 Å². The van der Waals surface area contributed by atoms with E-state index in [2.05, 4.69) is 11.8 Å². The van der Waals surface area contributed by atoms with E-state index < -0.39 is 0 Å². The molecule has 0 saturated carbocycles. The molecule has 66 valence electrons. The summed E-state index contributed by atoms with van der Waals surface area (Å²) in [6.45, 7) is 9.59. The maximum atomic E-state index is 5.44. The second-order valence-corrected chi connectivity index (χ2v) is 2.93. The van der Waals surface area contributed by atoms with E-state index in [-0.39, 0.29) is 0 Å². The molecular weight excluding hydrogens is 138 g/mol.